The van der Waals surface area contributed by atoms with E-state index in [4.69, 9.17) is 10.2 Å². The van der Waals surface area contributed by atoms with Crippen molar-refractivity contribution in [2.75, 3.05) is 0 Å². The lowest BCUT2D eigenvalue weighted by Crippen LogP contribution is -2.16. The summed E-state index contributed by atoms with van der Waals surface area (Å²) in [6.07, 6.45) is 3.98. The van der Waals surface area contributed by atoms with E-state index in [1.54, 1.807) is 24.3 Å². The van der Waals surface area contributed by atoms with Gasteiger partial charge in [0, 0.05) is 0 Å². The van der Waals surface area contributed by atoms with Crippen molar-refractivity contribution in [3.8, 4) is 0 Å². The maximum atomic E-state index is 11.0. The molecule has 0 amide bonds. The van der Waals surface area contributed by atoms with Gasteiger partial charge in [-0.1, -0.05) is 30.4 Å². The van der Waals surface area contributed by atoms with Crippen molar-refractivity contribution in [1.82, 2.24) is 0 Å². The molecule has 0 saturated carbocycles. The standard InChI is InChI=1S/C16H12O4.2ClH/c17-15(18)11-3-5-13-9(7-11)1-2-10-8-12(16(19)20)4-6-14(10)13;;/h1-7,12H,8H2,(H,17,18)(H,19,20);2*1H. The molecule has 0 saturated heterocycles. The Morgan fingerprint density at radius 3 is 2.41 bits per heavy atom. The molecule has 0 aliphatic heterocycles. The Labute approximate surface area is 139 Å². The fraction of sp³-hybridized carbons (Fsp3) is 0.125. The van der Waals surface area contributed by atoms with Crippen molar-refractivity contribution in [1.29, 1.82) is 0 Å². The smallest absolute Gasteiger partial charge is 0.335 e. The number of carboxylic acid groups (broad SMARTS) is 2. The highest BCUT2D eigenvalue weighted by atomic mass is 35.5. The third kappa shape index (κ3) is 3.08. The number of hydrogen-bond acceptors (Lipinski definition) is 2. The molecule has 2 N–H and O–H groups in total. The largest absolute Gasteiger partial charge is 0.481 e. The summed E-state index contributed by atoms with van der Waals surface area (Å²) >= 11 is 0. The number of carboxylic acids is 2. The van der Waals surface area contributed by atoms with Gasteiger partial charge >= 0.3 is 11.9 Å². The van der Waals surface area contributed by atoms with E-state index >= 15 is 0 Å². The summed E-state index contributed by atoms with van der Waals surface area (Å²) in [4.78, 5) is 22.0. The third-order valence-electron chi connectivity index (χ3n) is 3.65. The molecule has 0 spiro atoms. The summed E-state index contributed by atoms with van der Waals surface area (Å²) < 4.78 is 0. The van der Waals surface area contributed by atoms with Crippen molar-refractivity contribution >= 4 is 53.6 Å². The van der Waals surface area contributed by atoms with E-state index in [1.807, 2.05) is 18.2 Å². The van der Waals surface area contributed by atoms with Crippen LogP contribution in [0.1, 0.15) is 21.5 Å². The van der Waals surface area contributed by atoms with Crippen LogP contribution >= 0.6 is 24.8 Å². The first-order valence-corrected chi connectivity index (χ1v) is 6.26. The number of halogens is 2. The minimum atomic E-state index is -0.953. The van der Waals surface area contributed by atoms with Crippen molar-refractivity contribution in [3.63, 3.8) is 0 Å². The number of fused-ring (bicyclic) bond motifs is 3. The van der Waals surface area contributed by atoms with E-state index in [-0.39, 0.29) is 30.4 Å². The van der Waals surface area contributed by atoms with Crippen LogP contribution in [0, 0.1) is 5.92 Å². The minimum absolute atomic E-state index is 0. The summed E-state index contributed by atoms with van der Waals surface area (Å²) in [5.74, 6) is -2.27. The average Bonchev–Trinajstić information content (AvgIpc) is 2.45. The van der Waals surface area contributed by atoms with Gasteiger partial charge in [-0.15, -0.1) is 24.8 Å². The summed E-state index contributed by atoms with van der Waals surface area (Å²) in [7, 11) is 0. The third-order valence-corrected chi connectivity index (χ3v) is 3.65. The summed E-state index contributed by atoms with van der Waals surface area (Å²) in [5.41, 5.74) is 2.22. The van der Waals surface area contributed by atoms with Crippen LogP contribution in [0.2, 0.25) is 0 Å². The fourth-order valence-corrected chi connectivity index (χ4v) is 2.59. The van der Waals surface area contributed by atoms with Crippen LogP contribution in [0.5, 0.6) is 0 Å². The Balaban J connectivity index is 0.00000121. The highest BCUT2D eigenvalue weighted by Gasteiger charge is 2.21. The number of aromatic carboxylic acids is 1. The number of hydrogen-bond donors (Lipinski definition) is 2. The van der Waals surface area contributed by atoms with E-state index in [1.165, 1.54) is 0 Å². The van der Waals surface area contributed by atoms with Gasteiger partial charge in [0.2, 0.25) is 0 Å². The zero-order valence-corrected chi connectivity index (χ0v) is 13.0. The van der Waals surface area contributed by atoms with Gasteiger partial charge in [-0.3, -0.25) is 4.79 Å². The molecular formula is C16H14Cl2O4. The monoisotopic (exact) mass is 340 g/mol. The van der Waals surface area contributed by atoms with E-state index in [2.05, 4.69) is 0 Å². The zero-order chi connectivity index (χ0) is 14.3. The normalized spacial score (nSPS) is 15.4. The predicted molar refractivity (Wildman–Crippen MR) is 89.3 cm³/mol. The molecule has 0 aromatic heterocycles. The topological polar surface area (TPSA) is 74.6 Å². The molecule has 0 bridgehead atoms. The molecule has 6 heteroatoms. The quantitative estimate of drug-likeness (QED) is 0.874. The van der Waals surface area contributed by atoms with Crippen LogP contribution in [0.4, 0.5) is 0 Å². The van der Waals surface area contributed by atoms with Gasteiger partial charge in [-0.2, -0.15) is 0 Å². The summed E-state index contributed by atoms with van der Waals surface area (Å²) in [6.45, 7) is 0. The van der Waals surface area contributed by atoms with Gasteiger partial charge in [0.15, 0.2) is 0 Å². The van der Waals surface area contributed by atoms with Crippen LogP contribution in [-0.4, -0.2) is 22.2 Å². The maximum absolute atomic E-state index is 11.0. The van der Waals surface area contributed by atoms with Crippen molar-refractivity contribution in [3.05, 3.63) is 53.1 Å². The first-order chi connectivity index (χ1) is 9.56. The highest BCUT2D eigenvalue weighted by Crippen LogP contribution is 2.30. The van der Waals surface area contributed by atoms with Crippen molar-refractivity contribution < 1.29 is 19.8 Å². The summed E-state index contributed by atoms with van der Waals surface area (Å²) in [6, 6.07) is 8.71. The molecule has 1 aliphatic carbocycles. The van der Waals surface area contributed by atoms with Gasteiger partial charge in [-0.05, 0) is 40.5 Å². The second kappa shape index (κ2) is 6.81. The van der Waals surface area contributed by atoms with Gasteiger partial charge < -0.3 is 10.2 Å². The molecule has 2 aromatic carbocycles. The predicted octanol–water partition coefficient (Wildman–Crippen LogP) is 3.65. The zero-order valence-electron chi connectivity index (χ0n) is 11.4. The first-order valence-electron chi connectivity index (χ1n) is 6.26. The lowest BCUT2D eigenvalue weighted by molar-refractivity contribution is -0.140. The second-order valence-electron chi connectivity index (χ2n) is 4.89. The molecule has 2 aromatic rings. The SMILES string of the molecule is Cl.Cl.O=C(O)c1ccc2c3c(ccc2c1)CC(C(=O)O)C=C3. The lowest BCUT2D eigenvalue weighted by atomic mass is 9.86. The molecule has 22 heavy (non-hydrogen) atoms. The number of benzene rings is 2. The molecule has 116 valence electrons. The van der Waals surface area contributed by atoms with Gasteiger partial charge in [0.25, 0.3) is 0 Å². The van der Waals surface area contributed by atoms with E-state index < -0.39 is 17.9 Å². The molecule has 1 aliphatic rings. The first kappa shape index (κ1) is 18.0. The summed E-state index contributed by atoms with van der Waals surface area (Å²) in [5, 5.41) is 19.9. The number of aliphatic carboxylic acids is 1. The van der Waals surface area contributed by atoms with Crippen molar-refractivity contribution in [2.24, 2.45) is 5.92 Å². The van der Waals surface area contributed by atoms with Crippen LogP contribution in [0.15, 0.2) is 36.4 Å². The Bertz CT molecular complexity index is 768. The van der Waals surface area contributed by atoms with E-state index in [9.17, 15) is 9.59 Å². The van der Waals surface area contributed by atoms with Gasteiger partial charge in [0.1, 0.15) is 0 Å². The highest BCUT2D eigenvalue weighted by molar-refractivity contribution is 5.98. The van der Waals surface area contributed by atoms with Gasteiger partial charge in [-0.25, -0.2) is 4.79 Å². The van der Waals surface area contributed by atoms with Crippen molar-refractivity contribution in [2.45, 2.75) is 6.42 Å². The van der Waals surface area contributed by atoms with Gasteiger partial charge in [0.05, 0.1) is 11.5 Å². The Kier molecular flexibility index (Phi) is 5.58. The molecule has 0 fully saturated rings. The number of rotatable bonds is 2. The molecule has 0 heterocycles. The van der Waals surface area contributed by atoms with Crippen LogP contribution in [0.3, 0.4) is 0 Å². The Hall–Kier alpha value is -2.04. The minimum Gasteiger partial charge on any atom is -0.481 e. The maximum Gasteiger partial charge on any atom is 0.335 e. The second-order valence-corrected chi connectivity index (χ2v) is 4.89. The molecule has 3 rings (SSSR count). The molecule has 1 unspecified atom stereocenters. The van der Waals surface area contributed by atoms with E-state index in [0.717, 1.165) is 21.9 Å². The lowest BCUT2D eigenvalue weighted by Gasteiger charge is -2.18. The van der Waals surface area contributed by atoms with Crippen LogP contribution < -0.4 is 0 Å². The average molecular weight is 341 g/mol. The number of carbonyl (C=O) groups is 2. The van der Waals surface area contributed by atoms with Crippen LogP contribution in [-0.2, 0) is 11.2 Å². The molecular weight excluding hydrogens is 327 g/mol. The Morgan fingerprint density at radius 2 is 1.77 bits per heavy atom. The Morgan fingerprint density at radius 1 is 1.05 bits per heavy atom. The molecule has 1 atom stereocenters. The fourth-order valence-electron chi connectivity index (χ4n) is 2.59. The van der Waals surface area contributed by atoms with Crippen LogP contribution in [0.25, 0.3) is 16.8 Å². The molecule has 4 nitrogen and oxygen atoms in total. The molecule has 0 radical (unpaired) electrons. The van der Waals surface area contributed by atoms with E-state index in [0.29, 0.717) is 6.42 Å².